The van der Waals surface area contributed by atoms with Gasteiger partial charge in [0.2, 0.25) is 0 Å². The van der Waals surface area contributed by atoms with E-state index >= 15 is 0 Å². The summed E-state index contributed by atoms with van der Waals surface area (Å²) in [5, 5.41) is 11.7. The van der Waals surface area contributed by atoms with E-state index in [-0.39, 0.29) is 6.03 Å². The molecular formula is C12H15ClN2O3S. The second-order valence-corrected chi connectivity index (χ2v) is 6.26. The molecule has 7 heteroatoms. The van der Waals surface area contributed by atoms with Crippen molar-refractivity contribution >= 4 is 34.9 Å². The van der Waals surface area contributed by atoms with Crippen LogP contribution in [0.3, 0.4) is 0 Å². The molecule has 1 aromatic heterocycles. The second kappa shape index (κ2) is 6.25. The van der Waals surface area contributed by atoms with Crippen molar-refractivity contribution in [3.63, 3.8) is 0 Å². The van der Waals surface area contributed by atoms with Gasteiger partial charge in [-0.15, -0.1) is 11.3 Å². The van der Waals surface area contributed by atoms with Crippen molar-refractivity contribution in [1.29, 1.82) is 0 Å². The summed E-state index contributed by atoms with van der Waals surface area (Å²) in [5.74, 6) is -1.26. The minimum atomic E-state index is -0.830. The van der Waals surface area contributed by atoms with Crippen molar-refractivity contribution in [2.45, 2.75) is 12.8 Å². The van der Waals surface area contributed by atoms with Gasteiger partial charge in [-0.05, 0) is 25.0 Å². The summed E-state index contributed by atoms with van der Waals surface area (Å²) in [6, 6.07) is 3.59. The Balaban J connectivity index is 1.72. The monoisotopic (exact) mass is 302 g/mol. The standard InChI is InChI=1S/C12H15ClN2O3S/c13-10-2-1-9(19-10)3-5-14-12(18)15-6-4-8(7-15)11(16)17/h1-2,8H,3-7H2,(H,14,18)(H,16,17). The number of nitrogens with one attached hydrogen (secondary N) is 1. The lowest BCUT2D eigenvalue weighted by molar-refractivity contribution is -0.141. The van der Waals surface area contributed by atoms with Gasteiger partial charge in [0.15, 0.2) is 0 Å². The van der Waals surface area contributed by atoms with Crippen LogP contribution in [0.4, 0.5) is 4.79 Å². The Labute approximate surface area is 120 Å². The van der Waals surface area contributed by atoms with Crippen molar-refractivity contribution < 1.29 is 14.7 Å². The SMILES string of the molecule is O=C(O)C1CCN(C(=O)NCCc2ccc(Cl)s2)C1. The zero-order chi connectivity index (χ0) is 13.8. The number of thiophene rings is 1. The number of carbonyl (C=O) groups excluding carboxylic acids is 1. The number of hydrogen-bond acceptors (Lipinski definition) is 3. The first-order valence-electron chi connectivity index (χ1n) is 6.06. The van der Waals surface area contributed by atoms with E-state index in [1.54, 1.807) is 4.90 Å². The third-order valence-electron chi connectivity index (χ3n) is 3.10. The Morgan fingerprint density at radius 2 is 2.32 bits per heavy atom. The van der Waals surface area contributed by atoms with Gasteiger partial charge in [0, 0.05) is 24.5 Å². The molecule has 0 aliphatic carbocycles. The number of rotatable bonds is 4. The van der Waals surface area contributed by atoms with Gasteiger partial charge in [-0.25, -0.2) is 4.79 Å². The molecule has 0 radical (unpaired) electrons. The van der Waals surface area contributed by atoms with Crippen LogP contribution in [0.1, 0.15) is 11.3 Å². The van der Waals surface area contributed by atoms with E-state index < -0.39 is 11.9 Å². The molecule has 1 saturated heterocycles. The lowest BCUT2D eigenvalue weighted by atomic mass is 10.1. The quantitative estimate of drug-likeness (QED) is 0.894. The van der Waals surface area contributed by atoms with Gasteiger partial charge in [-0.1, -0.05) is 11.6 Å². The van der Waals surface area contributed by atoms with Gasteiger partial charge in [0.25, 0.3) is 0 Å². The number of carbonyl (C=O) groups is 2. The molecule has 1 atom stereocenters. The summed E-state index contributed by atoms with van der Waals surface area (Å²) in [6.45, 7) is 1.34. The summed E-state index contributed by atoms with van der Waals surface area (Å²) in [4.78, 5) is 25.3. The fourth-order valence-corrected chi connectivity index (χ4v) is 3.12. The summed E-state index contributed by atoms with van der Waals surface area (Å²) in [5.41, 5.74) is 0. The number of carboxylic acid groups (broad SMARTS) is 1. The maximum atomic E-state index is 11.8. The molecule has 104 valence electrons. The van der Waals surface area contributed by atoms with Crippen LogP contribution in [-0.2, 0) is 11.2 Å². The maximum absolute atomic E-state index is 11.8. The molecule has 1 unspecified atom stereocenters. The Bertz CT molecular complexity index is 477. The highest BCUT2D eigenvalue weighted by atomic mass is 35.5. The van der Waals surface area contributed by atoms with Crippen LogP contribution in [0.15, 0.2) is 12.1 Å². The number of amides is 2. The molecule has 2 rings (SSSR count). The fraction of sp³-hybridized carbons (Fsp3) is 0.500. The minimum absolute atomic E-state index is 0.189. The molecule has 2 amide bonds. The number of likely N-dealkylation sites (tertiary alicyclic amines) is 1. The molecule has 2 heterocycles. The Kier molecular flexibility index (Phi) is 4.66. The predicted molar refractivity (Wildman–Crippen MR) is 73.7 cm³/mol. The number of nitrogens with zero attached hydrogens (tertiary/aromatic N) is 1. The van der Waals surface area contributed by atoms with Crippen LogP contribution in [-0.4, -0.2) is 41.6 Å². The molecule has 5 nitrogen and oxygen atoms in total. The van der Waals surface area contributed by atoms with E-state index in [1.165, 1.54) is 11.3 Å². The normalized spacial score (nSPS) is 18.6. The van der Waals surface area contributed by atoms with Gasteiger partial charge in [0.05, 0.1) is 10.3 Å². The molecule has 19 heavy (non-hydrogen) atoms. The third-order valence-corrected chi connectivity index (χ3v) is 4.39. The first kappa shape index (κ1) is 14.1. The number of carboxylic acids is 1. The average Bonchev–Trinajstić information content (AvgIpc) is 2.98. The smallest absolute Gasteiger partial charge is 0.317 e. The molecule has 1 aliphatic rings. The van der Waals surface area contributed by atoms with E-state index in [0.717, 1.165) is 15.6 Å². The van der Waals surface area contributed by atoms with E-state index in [0.29, 0.717) is 26.1 Å². The Morgan fingerprint density at radius 1 is 1.53 bits per heavy atom. The largest absolute Gasteiger partial charge is 0.481 e. The number of urea groups is 1. The molecule has 0 spiro atoms. The topological polar surface area (TPSA) is 69.6 Å². The third kappa shape index (κ3) is 3.84. The number of hydrogen-bond donors (Lipinski definition) is 2. The van der Waals surface area contributed by atoms with Crippen molar-refractivity contribution in [3.8, 4) is 0 Å². The van der Waals surface area contributed by atoms with E-state index in [4.69, 9.17) is 16.7 Å². The highest BCUT2D eigenvalue weighted by Crippen LogP contribution is 2.21. The first-order valence-corrected chi connectivity index (χ1v) is 7.25. The molecule has 1 fully saturated rings. The fourth-order valence-electron chi connectivity index (χ4n) is 2.04. The van der Waals surface area contributed by atoms with Crippen molar-refractivity contribution in [2.24, 2.45) is 5.92 Å². The van der Waals surface area contributed by atoms with Gasteiger partial charge in [0.1, 0.15) is 0 Å². The molecule has 2 N–H and O–H groups in total. The molecule has 0 bridgehead atoms. The van der Waals surface area contributed by atoms with Crippen LogP contribution in [0.5, 0.6) is 0 Å². The van der Waals surface area contributed by atoms with Gasteiger partial charge in [-0.2, -0.15) is 0 Å². The number of aliphatic carboxylic acids is 1. The first-order chi connectivity index (χ1) is 9.06. The second-order valence-electron chi connectivity index (χ2n) is 4.46. The predicted octanol–water partition coefficient (Wildman–Crippen LogP) is 2.06. The molecule has 0 saturated carbocycles. The van der Waals surface area contributed by atoms with Crippen LogP contribution in [0.2, 0.25) is 4.34 Å². The number of halogens is 1. The Hall–Kier alpha value is -1.27. The summed E-state index contributed by atoms with van der Waals surface area (Å²) in [7, 11) is 0. The van der Waals surface area contributed by atoms with Gasteiger partial charge in [-0.3, -0.25) is 4.79 Å². The van der Waals surface area contributed by atoms with Crippen molar-refractivity contribution in [3.05, 3.63) is 21.3 Å². The summed E-state index contributed by atoms with van der Waals surface area (Å²) >= 11 is 7.32. The average molecular weight is 303 g/mol. The summed E-state index contributed by atoms with van der Waals surface area (Å²) < 4.78 is 0.741. The summed E-state index contributed by atoms with van der Waals surface area (Å²) in [6.07, 6.45) is 1.27. The highest BCUT2D eigenvalue weighted by Gasteiger charge is 2.30. The highest BCUT2D eigenvalue weighted by molar-refractivity contribution is 7.16. The minimum Gasteiger partial charge on any atom is -0.481 e. The Morgan fingerprint density at radius 3 is 2.89 bits per heavy atom. The maximum Gasteiger partial charge on any atom is 0.317 e. The molecule has 1 aromatic rings. The van der Waals surface area contributed by atoms with Gasteiger partial charge < -0.3 is 15.3 Å². The van der Waals surface area contributed by atoms with Crippen LogP contribution < -0.4 is 5.32 Å². The molecule has 1 aliphatic heterocycles. The van der Waals surface area contributed by atoms with Gasteiger partial charge >= 0.3 is 12.0 Å². The van der Waals surface area contributed by atoms with Crippen LogP contribution >= 0.6 is 22.9 Å². The van der Waals surface area contributed by atoms with E-state index in [9.17, 15) is 9.59 Å². The lowest BCUT2D eigenvalue weighted by Gasteiger charge is -2.16. The zero-order valence-corrected chi connectivity index (χ0v) is 11.8. The van der Waals surface area contributed by atoms with Crippen molar-refractivity contribution in [1.82, 2.24) is 10.2 Å². The molecular weight excluding hydrogens is 288 g/mol. The van der Waals surface area contributed by atoms with E-state index in [1.807, 2.05) is 12.1 Å². The van der Waals surface area contributed by atoms with Crippen LogP contribution in [0.25, 0.3) is 0 Å². The zero-order valence-electron chi connectivity index (χ0n) is 10.3. The van der Waals surface area contributed by atoms with Crippen LogP contribution in [0, 0.1) is 5.92 Å². The molecule has 0 aromatic carbocycles. The lowest BCUT2D eigenvalue weighted by Crippen LogP contribution is -2.39. The van der Waals surface area contributed by atoms with Crippen molar-refractivity contribution in [2.75, 3.05) is 19.6 Å². The van der Waals surface area contributed by atoms with E-state index in [2.05, 4.69) is 5.32 Å².